The molecule has 34 heavy (non-hydrogen) atoms. The van der Waals surface area contributed by atoms with Gasteiger partial charge in [-0.05, 0) is 45.7 Å². The summed E-state index contributed by atoms with van der Waals surface area (Å²) < 4.78 is 5.69. The molecule has 4 heterocycles. The Kier molecular flexibility index (Phi) is 5.98. The number of rotatable bonds is 5. The van der Waals surface area contributed by atoms with E-state index in [1.54, 1.807) is 0 Å². The topological polar surface area (TPSA) is 131 Å². The van der Waals surface area contributed by atoms with Gasteiger partial charge < -0.3 is 20.7 Å². The molecule has 3 saturated heterocycles. The van der Waals surface area contributed by atoms with Gasteiger partial charge in [0.25, 0.3) is 0 Å². The van der Waals surface area contributed by atoms with E-state index in [0.717, 1.165) is 23.4 Å². The lowest BCUT2D eigenvalue weighted by atomic mass is 9.88. The first-order valence-corrected chi connectivity index (χ1v) is 12.1. The van der Waals surface area contributed by atoms with Crippen LogP contribution in [0.15, 0.2) is 18.2 Å². The van der Waals surface area contributed by atoms with Crippen LogP contribution in [-0.4, -0.2) is 60.9 Å². The van der Waals surface area contributed by atoms with Gasteiger partial charge in [-0.25, -0.2) is 10.4 Å². The quantitative estimate of drug-likeness (QED) is 0.431. The van der Waals surface area contributed by atoms with Gasteiger partial charge in [-0.15, -0.1) is 0 Å². The van der Waals surface area contributed by atoms with Crippen molar-refractivity contribution in [3.05, 3.63) is 23.8 Å². The zero-order chi connectivity index (χ0) is 24.0. The number of amides is 2. The third-order valence-electron chi connectivity index (χ3n) is 7.47. The number of carbonyl (C=O) groups excluding carboxylic acids is 2. The fraction of sp³-hybridized carbons (Fsp3) is 0.625. The number of ether oxygens (including phenoxy) is 1. The lowest BCUT2D eigenvalue weighted by molar-refractivity contribution is -0.128. The molecule has 5 N–H and O–H groups in total. The Bertz CT molecular complexity index is 1020. The van der Waals surface area contributed by atoms with Crippen molar-refractivity contribution in [1.29, 1.82) is 5.26 Å². The molecule has 10 heteroatoms. The van der Waals surface area contributed by atoms with Crippen LogP contribution in [0.4, 0.5) is 11.4 Å². The summed E-state index contributed by atoms with van der Waals surface area (Å²) in [6, 6.07) is 8.26. The third-order valence-corrected chi connectivity index (χ3v) is 7.47. The monoisotopic (exact) mass is 467 g/mol. The zero-order valence-corrected chi connectivity index (χ0v) is 19.9. The van der Waals surface area contributed by atoms with E-state index in [0.29, 0.717) is 26.2 Å². The first-order chi connectivity index (χ1) is 16.3. The Balaban J connectivity index is 1.39. The molecule has 0 bridgehead atoms. The standard InChI is InChI=1S/C24H33N7O3/c1-13(2)29-24(3)16-5-4-15(10-17(16)28-23(24)33)27-21-20-18(6-8-26-22(20)32)31(30-21)19-12-34-9-7-14(19)11-25/h4-5,10,13-14,18-21,27,29-30H,6-9,12H2,1-3H3,(H,26,32)(H,28,33)/t14-,18?,19?,20?,21?,24?/m1/s1. The Morgan fingerprint density at radius 1 is 1.26 bits per heavy atom. The molecule has 0 radical (unpaired) electrons. The number of benzene rings is 1. The van der Waals surface area contributed by atoms with Gasteiger partial charge in [0.15, 0.2) is 0 Å². The highest BCUT2D eigenvalue weighted by Gasteiger charge is 2.51. The van der Waals surface area contributed by atoms with Gasteiger partial charge in [-0.3, -0.25) is 14.9 Å². The van der Waals surface area contributed by atoms with Gasteiger partial charge in [0.05, 0.1) is 30.6 Å². The van der Waals surface area contributed by atoms with E-state index in [1.807, 2.05) is 39.0 Å². The maximum absolute atomic E-state index is 12.9. The maximum atomic E-state index is 12.9. The van der Waals surface area contributed by atoms with Crippen molar-refractivity contribution in [2.45, 2.75) is 63.4 Å². The summed E-state index contributed by atoms with van der Waals surface area (Å²) in [5.74, 6) is -0.542. The largest absolute Gasteiger partial charge is 0.380 e. The number of nitriles is 1. The van der Waals surface area contributed by atoms with E-state index in [9.17, 15) is 14.9 Å². The van der Waals surface area contributed by atoms with Gasteiger partial charge in [0.2, 0.25) is 11.8 Å². The molecule has 5 rings (SSSR count). The van der Waals surface area contributed by atoms with Crippen LogP contribution in [0.5, 0.6) is 0 Å². The molecule has 5 unspecified atom stereocenters. The summed E-state index contributed by atoms with van der Waals surface area (Å²) in [5.41, 5.74) is 5.18. The molecule has 10 nitrogen and oxygen atoms in total. The van der Waals surface area contributed by atoms with Gasteiger partial charge >= 0.3 is 0 Å². The molecular weight excluding hydrogens is 434 g/mol. The first kappa shape index (κ1) is 23.1. The first-order valence-electron chi connectivity index (χ1n) is 12.1. The van der Waals surface area contributed by atoms with Crippen LogP contribution in [0.25, 0.3) is 0 Å². The van der Waals surface area contributed by atoms with E-state index in [2.05, 4.69) is 37.8 Å². The summed E-state index contributed by atoms with van der Waals surface area (Å²) in [4.78, 5) is 25.6. The fourth-order valence-electron chi connectivity index (χ4n) is 5.89. The molecule has 0 aliphatic carbocycles. The van der Waals surface area contributed by atoms with Crippen LogP contribution in [0, 0.1) is 23.2 Å². The van der Waals surface area contributed by atoms with E-state index in [4.69, 9.17) is 4.74 Å². The number of carbonyl (C=O) groups is 2. The van der Waals surface area contributed by atoms with E-state index >= 15 is 0 Å². The van der Waals surface area contributed by atoms with E-state index in [1.165, 1.54) is 0 Å². The highest BCUT2D eigenvalue weighted by Crippen LogP contribution is 2.39. The molecule has 1 aromatic rings. The van der Waals surface area contributed by atoms with Crippen LogP contribution >= 0.6 is 0 Å². The van der Waals surface area contributed by atoms with Gasteiger partial charge in [0, 0.05) is 42.2 Å². The Labute approximate surface area is 199 Å². The van der Waals surface area contributed by atoms with E-state index in [-0.39, 0.29) is 47.9 Å². The second-order valence-corrected chi connectivity index (χ2v) is 10.1. The normalized spacial score (nSPS) is 35.3. The number of nitrogens with zero attached hydrogens (tertiary/aromatic N) is 2. The van der Waals surface area contributed by atoms with Gasteiger partial charge in [-0.1, -0.05) is 6.07 Å². The van der Waals surface area contributed by atoms with Crippen molar-refractivity contribution in [1.82, 2.24) is 21.1 Å². The van der Waals surface area contributed by atoms with Crippen molar-refractivity contribution in [2.24, 2.45) is 11.8 Å². The lowest BCUT2D eigenvalue weighted by Gasteiger charge is -2.39. The smallest absolute Gasteiger partial charge is 0.249 e. The van der Waals surface area contributed by atoms with Crippen molar-refractivity contribution < 1.29 is 14.3 Å². The highest BCUT2D eigenvalue weighted by molar-refractivity contribution is 6.06. The Morgan fingerprint density at radius 3 is 2.85 bits per heavy atom. The van der Waals surface area contributed by atoms with Crippen molar-refractivity contribution in [3.8, 4) is 6.07 Å². The number of fused-ring (bicyclic) bond motifs is 2. The van der Waals surface area contributed by atoms with Gasteiger partial charge in [-0.2, -0.15) is 5.26 Å². The van der Waals surface area contributed by atoms with Crippen molar-refractivity contribution >= 4 is 23.2 Å². The molecular formula is C24H33N7O3. The molecule has 0 aromatic heterocycles. The minimum Gasteiger partial charge on any atom is -0.380 e. The van der Waals surface area contributed by atoms with Crippen molar-refractivity contribution in [2.75, 3.05) is 30.4 Å². The molecule has 0 spiro atoms. The summed E-state index contributed by atoms with van der Waals surface area (Å²) in [6.07, 6.45) is 1.15. The Hall–Kier alpha value is -2.71. The molecule has 4 aliphatic heterocycles. The second kappa shape index (κ2) is 8.82. The van der Waals surface area contributed by atoms with Crippen LogP contribution < -0.4 is 26.7 Å². The average molecular weight is 468 g/mol. The molecule has 6 atom stereocenters. The van der Waals surface area contributed by atoms with E-state index < -0.39 is 5.54 Å². The number of piperidine rings is 1. The number of nitrogens with one attached hydrogen (secondary N) is 5. The highest BCUT2D eigenvalue weighted by atomic mass is 16.5. The number of anilines is 2. The summed E-state index contributed by atoms with van der Waals surface area (Å²) in [6.45, 7) is 7.60. The SMILES string of the molecule is CC(C)NC1(C)C(=O)Nc2cc(NC3NN(C4COCC[C@@H]4C#N)C4CCNC(=O)C34)ccc21. The summed E-state index contributed by atoms with van der Waals surface area (Å²) >= 11 is 0. The third kappa shape index (κ3) is 3.82. The fourth-order valence-corrected chi connectivity index (χ4v) is 5.89. The summed E-state index contributed by atoms with van der Waals surface area (Å²) in [7, 11) is 0. The van der Waals surface area contributed by atoms with Crippen LogP contribution in [0.2, 0.25) is 0 Å². The van der Waals surface area contributed by atoms with Gasteiger partial charge in [0.1, 0.15) is 11.7 Å². The molecule has 4 aliphatic rings. The Morgan fingerprint density at radius 2 is 2.09 bits per heavy atom. The van der Waals surface area contributed by atoms with Crippen LogP contribution in [0.1, 0.15) is 39.2 Å². The molecule has 0 saturated carbocycles. The van der Waals surface area contributed by atoms with Crippen molar-refractivity contribution in [3.63, 3.8) is 0 Å². The molecule has 2 amide bonds. The molecule has 1 aromatic carbocycles. The molecule has 3 fully saturated rings. The number of hydrogen-bond donors (Lipinski definition) is 5. The predicted octanol–water partition coefficient (Wildman–Crippen LogP) is 0.843. The number of hydrazine groups is 1. The average Bonchev–Trinajstić information content (AvgIpc) is 3.28. The molecule has 182 valence electrons. The number of hydrogen-bond acceptors (Lipinski definition) is 8. The summed E-state index contributed by atoms with van der Waals surface area (Å²) in [5, 5.41) is 24.6. The minimum atomic E-state index is -0.786. The minimum absolute atomic E-state index is 0.00263. The predicted molar refractivity (Wildman–Crippen MR) is 126 cm³/mol. The van der Waals surface area contributed by atoms with Crippen LogP contribution in [-0.2, 0) is 19.9 Å². The van der Waals surface area contributed by atoms with Crippen LogP contribution in [0.3, 0.4) is 0 Å². The maximum Gasteiger partial charge on any atom is 0.249 e. The zero-order valence-electron chi connectivity index (χ0n) is 19.9. The second-order valence-electron chi connectivity index (χ2n) is 10.1. The lowest BCUT2D eigenvalue weighted by Crippen LogP contribution is -2.56.